The molecule has 0 fully saturated rings. The number of para-hydroxylation sites is 1. The monoisotopic (exact) mass is 353 g/mol. The minimum Gasteiger partial charge on any atom is -0.353 e. The summed E-state index contributed by atoms with van der Waals surface area (Å²) in [5.74, 6) is -0.634. The molecule has 1 aromatic carbocycles. The molecule has 1 amide bonds. The number of nitrogens with zero attached hydrogens (tertiary/aromatic N) is 1. The molecule has 2 heterocycles. The van der Waals surface area contributed by atoms with E-state index in [9.17, 15) is 10.1 Å². The van der Waals surface area contributed by atoms with Crippen LogP contribution in [0.3, 0.4) is 0 Å². The molecule has 1 aliphatic heterocycles. The van der Waals surface area contributed by atoms with Crippen LogP contribution in [0.15, 0.2) is 69.7 Å². The van der Waals surface area contributed by atoms with Gasteiger partial charge in [0, 0.05) is 21.8 Å². The summed E-state index contributed by atoms with van der Waals surface area (Å²) in [5, 5.41) is 17.9. The van der Waals surface area contributed by atoms with E-state index in [1.165, 1.54) is 11.3 Å². The van der Waals surface area contributed by atoms with Gasteiger partial charge in [0.15, 0.2) is 0 Å². The molecular weight excluding hydrogens is 338 g/mol. The molecule has 1 aromatic heterocycles. The lowest BCUT2D eigenvalue weighted by Crippen LogP contribution is -2.29. The number of nitrogens with one attached hydrogen (secondary N) is 2. The Bertz CT molecular complexity index is 861. The molecule has 1 aliphatic rings. The van der Waals surface area contributed by atoms with Crippen LogP contribution in [-0.2, 0) is 4.79 Å². The summed E-state index contributed by atoms with van der Waals surface area (Å²) >= 11 is 5.90. The van der Waals surface area contributed by atoms with E-state index in [2.05, 4.69) is 29.3 Å². The highest BCUT2D eigenvalue weighted by Gasteiger charge is 2.34. The molecule has 3 rings (SSSR count). The van der Waals surface area contributed by atoms with Gasteiger partial charge in [0.1, 0.15) is 0 Å². The van der Waals surface area contributed by atoms with Crippen LogP contribution in [0.2, 0.25) is 0 Å². The largest absolute Gasteiger partial charge is 0.353 e. The van der Waals surface area contributed by atoms with Gasteiger partial charge in [0.2, 0.25) is 0 Å². The van der Waals surface area contributed by atoms with Crippen LogP contribution in [-0.4, -0.2) is 5.91 Å². The number of hydrogen-bond acceptors (Lipinski definition) is 5. The van der Waals surface area contributed by atoms with Gasteiger partial charge in [-0.2, -0.15) is 5.26 Å². The van der Waals surface area contributed by atoms with Crippen molar-refractivity contribution in [2.75, 3.05) is 5.32 Å². The van der Waals surface area contributed by atoms with Crippen molar-refractivity contribution in [1.82, 2.24) is 5.32 Å². The lowest BCUT2D eigenvalue weighted by molar-refractivity contribution is -0.113. The third kappa shape index (κ3) is 3.09. The first-order valence-corrected chi connectivity index (χ1v) is 8.65. The highest BCUT2D eigenvalue weighted by Crippen LogP contribution is 2.40. The van der Waals surface area contributed by atoms with Crippen molar-refractivity contribution in [1.29, 1.82) is 5.26 Å². The zero-order chi connectivity index (χ0) is 17.1. The molecule has 0 spiro atoms. The van der Waals surface area contributed by atoms with Crippen LogP contribution in [0.25, 0.3) is 0 Å². The van der Waals surface area contributed by atoms with Crippen molar-refractivity contribution in [2.45, 2.75) is 12.8 Å². The topological polar surface area (TPSA) is 64.9 Å². The van der Waals surface area contributed by atoms with E-state index < -0.39 is 5.92 Å². The molecule has 4 nitrogen and oxygen atoms in total. The molecule has 1 unspecified atom stereocenters. The summed E-state index contributed by atoms with van der Waals surface area (Å²) in [6.45, 7) is 1.82. The van der Waals surface area contributed by atoms with E-state index in [-0.39, 0.29) is 5.91 Å². The average molecular weight is 353 g/mol. The number of allylic oxidation sites excluding steroid dienone is 2. The van der Waals surface area contributed by atoms with Crippen LogP contribution in [0, 0.1) is 11.3 Å². The fraction of sp³-hybridized carbons (Fsp3) is 0.111. The number of hydrogen-bond donors (Lipinski definition) is 3. The number of thiol groups is 1. The Morgan fingerprint density at radius 1 is 1.29 bits per heavy atom. The quantitative estimate of drug-likeness (QED) is 0.731. The second kappa shape index (κ2) is 6.95. The van der Waals surface area contributed by atoms with E-state index in [1.54, 1.807) is 0 Å². The maximum absolute atomic E-state index is 12.9. The van der Waals surface area contributed by atoms with Gasteiger partial charge in [-0.25, -0.2) is 0 Å². The number of anilines is 1. The van der Waals surface area contributed by atoms with Gasteiger partial charge in [0.25, 0.3) is 5.91 Å². The Morgan fingerprint density at radius 3 is 2.67 bits per heavy atom. The SMILES string of the molecule is CC1=C(C(=O)Nc2ccccc2)C(c2cccs2)C(C#N)=C(S)N1. The molecule has 2 N–H and O–H groups in total. The maximum atomic E-state index is 12.9. The second-order valence-electron chi connectivity index (χ2n) is 5.31. The highest BCUT2D eigenvalue weighted by atomic mass is 32.1. The number of dihydropyridines is 1. The van der Waals surface area contributed by atoms with E-state index in [0.717, 1.165) is 4.88 Å². The highest BCUT2D eigenvalue weighted by molar-refractivity contribution is 7.84. The fourth-order valence-electron chi connectivity index (χ4n) is 2.69. The predicted octanol–water partition coefficient (Wildman–Crippen LogP) is 4.01. The number of carbonyl (C=O) groups is 1. The van der Waals surface area contributed by atoms with E-state index >= 15 is 0 Å². The standard InChI is InChI=1S/C18H15N3OS2/c1-11-15(17(22)21-12-6-3-2-4-7-12)16(14-8-5-9-24-14)13(10-19)18(23)20-11/h2-9,16,20,23H,1H3,(H,21,22). The number of amides is 1. The predicted molar refractivity (Wildman–Crippen MR) is 99.6 cm³/mol. The van der Waals surface area contributed by atoms with Crippen molar-refractivity contribution < 1.29 is 4.79 Å². The maximum Gasteiger partial charge on any atom is 0.254 e. The summed E-state index contributed by atoms with van der Waals surface area (Å²) in [6, 6.07) is 15.3. The normalized spacial score (nSPS) is 17.3. The Morgan fingerprint density at radius 2 is 2.04 bits per heavy atom. The van der Waals surface area contributed by atoms with Gasteiger partial charge in [-0.3, -0.25) is 4.79 Å². The molecule has 0 aliphatic carbocycles. The smallest absolute Gasteiger partial charge is 0.254 e. The van der Waals surface area contributed by atoms with Crippen LogP contribution < -0.4 is 10.6 Å². The van der Waals surface area contributed by atoms with Gasteiger partial charge in [0.05, 0.1) is 22.6 Å². The Labute approximate surface area is 149 Å². The van der Waals surface area contributed by atoms with Crippen molar-refractivity contribution in [3.63, 3.8) is 0 Å². The first-order chi connectivity index (χ1) is 11.6. The molecule has 0 saturated carbocycles. The van der Waals surface area contributed by atoms with Crippen molar-refractivity contribution in [2.24, 2.45) is 0 Å². The molecule has 24 heavy (non-hydrogen) atoms. The molecular formula is C18H15N3OS2. The zero-order valence-electron chi connectivity index (χ0n) is 12.9. The number of benzene rings is 1. The van der Waals surface area contributed by atoms with Crippen molar-refractivity contribution in [3.8, 4) is 6.07 Å². The minimum absolute atomic E-state index is 0.224. The molecule has 0 radical (unpaired) electrons. The summed E-state index contributed by atoms with van der Waals surface area (Å²) in [4.78, 5) is 13.8. The zero-order valence-corrected chi connectivity index (χ0v) is 14.6. The van der Waals surface area contributed by atoms with E-state index in [4.69, 9.17) is 0 Å². The number of thiophene rings is 1. The number of nitriles is 1. The Balaban J connectivity index is 2.02. The number of carbonyl (C=O) groups excluding carboxylic acids is 1. The van der Waals surface area contributed by atoms with Crippen LogP contribution >= 0.6 is 24.0 Å². The fourth-order valence-corrected chi connectivity index (χ4v) is 3.88. The average Bonchev–Trinajstić information content (AvgIpc) is 3.09. The first kappa shape index (κ1) is 16.4. The van der Waals surface area contributed by atoms with Crippen LogP contribution in [0.1, 0.15) is 17.7 Å². The second-order valence-corrected chi connectivity index (χ2v) is 6.73. The Hall–Kier alpha value is -2.49. The van der Waals surface area contributed by atoms with Crippen LogP contribution in [0.4, 0.5) is 5.69 Å². The minimum atomic E-state index is -0.410. The van der Waals surface area contributed by atoms with Gasteiger partial charge in [-0.1, -0.05) is 24.3 Å². The van der Waals surface area contributed by atoms with E-state index in [0.29, 0.717) is 27.6 Å². The lowest BCUT2D eigenvalue weighted by Gasteiger charge is -2.27. The molecule has 2 aromatic rings. The summed E-state index contributed by atoms with van der Waals surface area (Å²) in [6.07, 6.45) is 0. The van der Waals surface area contributed by atoms with Gasteiger partial charge in [-0.05, 0) is 30.5 Å². The summed E-state index contributed by atoms with van der Waals surface area (Å²) in [5.41, 5.74) is 2.40. The van der Waals surface area contributed by atoms with Crippen LogP contribution in [0.5, 0.6) is 0 Å². The number of rotatable bonds is 3. The molecule has 120 valence electrons. The lowest BCUT2D eigenvalue weighted by atomic mass is 9.86. The van der Waals surface area contributed by atoms with Gasteiger partial charge >= 0.3 is 0 Å². The molecule has 1 atom stereocenters. The summed E-state index contributed by atoms with van der Waals surface area (Å²) in [7, 11) is 0. The molecule has 0 saturated heterocycles. The third-order valence-corrected chi connectivity index (χ3v) is 5.06. The van der Waals surface area contributed by atoms with Gasteiger partial charge < -0.3 is 10.6 Å². The molecule has 6 heteroatoms. The summed E-state index contributed by atoms with van der Waals surface area (Å²) < 4.78 is 0. The third-order valence-electron chi connectivity index (χ3n) is 3.77. The van der Waals surface area contributed by atoms with Gasteiger partial charge in [-0.15, -0.1) is 24.0 Å². The van der Waals surface area contributed by atoms with E-state index in [1.807, 2.05) is 54.8 Å². The first-order valence-electron chi connectivity index (χ1n) is 7.32. The Kier molecular flexibility index (Phi) is 4.74. The van der Waals surface area contributed by atoms with Crippen molar-refractivity contribution in [3.05, 3.63) is 74.6 Å². The van der Waals surface area contributed by atoms with Crippen molar-refractivity contribution >= 4 is 35.6 Å². The molecule has 0 bridgehead atoms.